The molecule has 0 aromatic heterocycles. The maximum atomic E-state index is 12.4. The van der Waals surface area contributed by atoms with Crippen LogP contribution in [0.5, 0.6) is 0 Å². The highest BCUT2D eigenvalue weighted by molar-refractivity contribution is 7.94. The van der Waals surface area contributed by atoms with Gasteiger partial charge in [-0.3, -0.25) is 0 Å². The number of methoxy groups -OCH3 is 2. The van der Waals surface area contributed by atoms with Crippen LogP contribution in [0.25, 0.3) is 0 Å². The van der Waals surface area contributed by atoms with Crippen molar-refractivity contribution in [2.24, 2.45) is 0 Å². The van der Waals surface area contributed by atoms with E-state index >= 15 is 0 Å². The molecule has 6 nitrogen and oxygen atoms in total. The van der Waals surface area contributed by atoms with Gasteiger partial charge in [0.15, 0.2) is 9.84 Å². The van der Waals surface area contributed by atoms with Crippen LogP contribution in [0.15, 0.2) is 77.0 Å². The second kappa shape index (κ2) is 14.9. The Balaban J connectivity index is 1.83. The molecule has 0 heterocycles. The van der Waals surface area contributed by atoms with E-state index in [2.05, 4.69) is 12.1 Å². The predicted octanol–water partition coefficient (Wildman–Crippen LogP) is 4.93. The van der Waals surface area contributed by atoms with Gasteiger partial charge in [-0.1, -0.05) is 61.4 Å². The summed E-state index contributed by atoms with van der Waals surface area (Å²) in [6.07, 6.45) is 4.65. The quantitative estimate of drug-likeness (QED) is 0.260. The normalized spacial score (nSPS) is 13.9. The van der Waals surface area contributed by atoms with Gasteiger partial charge in [0.05, 0.1) is 30.3 Å². The summed E-state index contributed by atoms with van der Waals surface area (Å²) in [5.74, 6) is 0. The number of rotatable bonds is 16. The van der Waals surface area contributed by atoms with Crippen molar-refractivity contribution in [1.82, 2.24) is 0 Å². The van der Waals surface area contributed by atoms with E-state index in [4.69, 9.17) is 18.9 Å². The number of ether oxygens (including phenoxy) is 4. The molecule has 2 aromatic carbocycles. The molecule has 0 radical (unpaired) electrons. The van der Waals surface area contributed by atoms with Gasteiger partial charge in [-0.05, 0) is 36.6 Å². The van der Waals surface area contributed by atoms with Crippen molar-refractivity contribution in [1.29, 1.82) is 0 Å². The molecule has 0 saturated carbocycles. The van der Waals surface area contributed by atoms with Crippen LogP contribution < -0.4 is 0 Å². The fourth-order valence-corrected chi connectivity index (χ4v) is 4.27. The highest BCUT2D eigenvalue weighted by Gasteiger charge is 2.14. The van der Waals surface area contributed by atoms with Crippen molar-refractivity contribution in [2.75, 3.05) is 34.2 Å². The van der Waals surface area contributed by atoms with E-state index in [9.17, 15) is 8.42 Å². The third-order valence-electron chi connectivity index (χ3n) is 5.01. The zero-order chi connectivity index (χ0) is 23.1. The first kappa shape index (κ1) is 26.2. The molecular formula is C25H34O6S. The lowest BCUT2D eigenvalue weighted by Gasteiger charge is -2.19. The zero-order valence-electron chi connectivity index (χ0n) is 18.9. The van der Waals surface area contributed by atoms with Crippen molar-refractivity contribution in [3.63, 3.8) is 0 Å². The summed E-state index contributed by atoms with van der Waals surface area (Å²) < 4.78 is 46.7. The molecule has 2 aromatic rings. The molecule has 2 atom stereocenters. The van der Waals surface area contributed by atoms with Crippen LogP contribution in [-0.4, -0.2) is 48.7 Å². The Morgan fingerprint density at radius 3 is 2.19 bits per heavy atom. The third-order valence-corrected chi connectivity index (χ3v) is 6.45. The summed E-state index contributed by atoms with van der Waals surface area (Å²) in [6.45, 7) is 1.24. The minimum atomic E-state index is -3.47. The molecule has 0 saturated heterocycles. The lowest BCUT2D eigenvalue weighted by Crippen LogP contribution is -2.11. The van der Waals surface area contributed by atoms with Gasteiger partial charge in [-0.25, -0.2) is 8.42 Å². The van der Waals surface area contributed by atoms with Gasteiger partial charge >= 0.3 is 0 Å². The molecule has 0 bridgehead atoms. The summed E-state index contributed by atoms with van der Waals surface area (Å²) in [7, 11) is -0.236. The van der Waals surface area contributed by atoms with Gasteiger partial charge in [0, 0.05) is 19.6 Å². The number of hydrogen-bond donors (Lipinski definition) is 0. The van der Waals surface area contributed by atoms with Crippen molar-refractivity contribution in [3.05, 3.63) is 77.7 Å². The Morgan fingerprint density at radius 1 is 0.875 bits per heavy atom. The first-order chi connectivity index (χ1) is 15.6. The molecule has 0 amide bonds. The van der Waals surface area contributed by atoms with Crippen LogP contribution in [0.2, 0.25) is 0 Å². The number of benzene rings is 2. The maximum absolute atomic E-state index is 12.4. The van der Waals surface area contributed by atoms with Gasteiger partial charge in [0.1, 0.15) is 6.79 Å². The number of sulfone groups is 1. The second-order valence-corrected chi connectivity index (χ2v) is 9.16. The molecular weight excluding hydrogens is 428 g/mol. The molecule has 0 aliphatic rings. The van der Waals surface area contributed by atoms with Gasteiger partial charge in [0.2, 0.25) is 0 Å². The summed E-state index contributed by atoms with van der Waals surface area (Å²) in [5, 5.41) is 1.24. The highest BCUT2D eigenvalue weighted by atomic mass is 32.2. The van der Waals surface area contributed by atoms with Crippen LogP contribution in [-0.2, 0) is 28.8 Å². The summed E-state index contributed by atoms with van der Waals surface area (Å²) in [5.41, 5.74) is 1.11. The van der Waals surface area contributed by atoms with E-state index < -0.39 is 9.84 Å². The van der Waals surface area contributed by atoms with Crippen LogP contribution in [0.3, 0.4) is 0 Å². The van der Waals surface area contributed by atoms with Crippen LogP contribution in [0, 0.1) is 0 Å². The molecule has 0 aliphatic carbocycles. The molecule has 0 spiro atoms. The largest absolute Gasteiger partial charge is 0.382 e. The molecule has 0 unspecified atom stereocenters. The predicted molar refractivity (Wildman–Crippen MR) is 125 cm³/mol. The van der Waals surface area contributed by atoms with E-state index in [-0.39, 0.29) is 23.9 Å². The first-order valence-corrected chi connectivity index (χ1v) is 12.4. The Hall–Kier alpha value is -2.03. The SMILES string of the molecule is COCCOCO[C@@H](CCCC[C@@H](/C=C/S(=O)(=O)c1ccccc1)OC)c1ccccc1. The van der Waals surface area contributed by atoms with Crippen molar-refractivity contribution in [3.8, 4) is 0 Å². The molecule has 7 heteroatoms. The fourth-order valence-electron chi connectivity index (χ4n) is 3.19. The fraction of sp³-hybridized carbons (Fsp3) is 0.440. The smallest absolute Gasteiger partial charge is 0.199 e. The summed E-state index contributed by atoms with van der Waals surface area (Å²) in [6, 6.07) is 18.5. The Kier molecular flexibility index (Phi) is 12.2. The lowest BCUT2D eigenvalue weighted by molar-refractivity contribution is -0.101. The molecule has 176 valence electrons. The maximum Gasteiger partial charge on any atom is 0.199 e. The van der Waals surface area contributed by atoms with Crippen LogP contribution in [0.1, 0.15) is 37.4 Å². The monoisotopic (exact) mass is 462 g/mol. The Bertz CT molecular complexity index is 868. The van der Waals surface area contributed by atoms with Crippen molar-refractivity contribution in [2.45, 2.75) is 42.8 Å². The Morgan fingerprint density at radius 2 is 1.53 bits per heavy atom. The number of hydrogen-bond acceptors (Lipinski definition) is 6. The van der Waals surface area contributed by atoms with E-state index in [0.717, 1.165) is 31.2 Å². The van der Waals surface area contributed by atoms with Gasteiger partial charge < -0.3 is 18.9 Å². The topological polar surface area (TPSA) is 71.1 Å². The van der Waals surface area contributed by atoms with E-state index in [0.29, 0.717) is 13.2 Å². The molecule has 0 fully saturated rings. The average molecular weight is 463 g/mol. The summed E-state index contributed by atoms with van der Waals surface area (Å²) >= 11 is 0. The van der Waals surface area contributed by atoms with Crippen LogP contribution in [0.4, 0.5) is 0 Å². The van der Waals surface area contributed by atoms with Crippen LogP contribution >= 0.6 is 0 Å². The first-order valence-electron chi connectivity index (χ1n) is 10.8. The summed E-state index contributed by atoms with van der Waals surface area (Å²) in [4.78, 5) is 0.279. The number of unbranched alkanes of at least 4 members (excludes halogenated alkanes) is 1. The van der Waals surface area contributed by atoms with Gasteiger partial charge in [-0.15, -0.1) is 0 Å². The zero-order valence-corrected chi connectivity index (χ0v) is 19.7. The lowest BCUT2D eigenvalue weighted by atomic mass is 10.0. The Labute approximate surface area is 192 Å². The van der Waals surface area contributed by atoms with Gasteiger partial charge in [-0.2, -0.15) is 0 Å². The standard InChI is InChI=1S/C25H34O6S/c1-28-18-19-30-21-31-25(22-11-5-3-6-12-22)16-10-9-13-23(29-2)17-20-32(26,27)24-14-7-4-8-15-24/h3-8,11-12,14-15,17,20,23,25H,9-10,13,16,18-19,21H2,1-2H3/b20-17+/t23-,25-/m0/s1. The highest BCUT2D eigenvalue weighted by Crippen LogP contribution is 2.24. The molecule has 0 aliphatic heterocycles. The van der Waals surface area contributed by atoms with E-state index in [1.807, 2.05) is 18.2 Å². The average Bonchev–Trinajstić information content (AvgIpc) is 2.83. The molecule has 32 heavy (non-hydrogen) atoms. The third kappa shape index (κ3) is 9.63. The minimum absolute atomic E-state index is 0.0614. The van der Waals surface area contributed by atoms with E-state index in [1.165, 1.54) is 5.41 Å². The van der Waals surface area contributed by atoms with Gasteiger partial charge in [0.25, 0.3) is 0 Å². The molecule has 2 rings (SSSR count). The molecule has 0 N–H and O–H groups in total. The second-order valence-electron chi connectivity index (χ2n) is 7.33. The van der Waals surface area contributed by atoms with Crippen molar-refractivity contribution < 1.29 is 27.4 Å². The minimum Gasteiger partial charge on any atom is -0.382 e. The van der Waals surface area contributed by atoms with E-state index in [1.54, 1.807) is 50.6 Å². The van der Waals surface area contributed by atoms with Crippen molar-refractivity contribution >= 4 is 9.84 Å².